The van der Waals surface area contributed by atoms with Gasteiger partial charge < -0.3 is 5.73 Å². The lowest BCUT2D eigenvalue weighted by molar-refractivity contribution is 1.10. The maximum atomic E-state index is 5.28. The highest BCUT2D eigenvalue weighted by Crippen LogP contribution is 2.11. The fourth-order valence-electron chi connectivity index (χ4n) is 0.470. The average Bonchev–Trinajstić information content (AvgIpc) is 1.80. The van der Waals surface area contributed by atoms with Gasteiger partial charge >= 0.3 is 0 Å². The summed E-state index contributed by atoms with van der Waals surface area (Å²) in [6.45, 7) is 1.86. The van der Waals surface area contributed by atoms with E-state index in [1.165, 1.54) is 0 Å². The average molecular weight is 269 g/mol. The van der Waals surface area contributed by atoms with Gasteiger partial charge in [-0.15, -0.1) is 17.0 Å². The van der Waals surface area contributed by atoms with Crippen LogP contribution >= 0.6 is 32.9 Å². The van der Waals surface area contributed by atoms with E-state index in [1.807, 2.05) is 6.92 Å². The van der Waals surface area contributed by atoms with Gasteiger partial charge in [-0.1, -0.05) is 0 Å². The van der Waals surface area contributed by atoms with Crippen LogP contribution in [0.3, 0.4) is 0 Å². The van der Waals surface area contributed by atoms with Crippen molar-refractivity contribution in [3.8, 4) is 0 Å². The van der Waals surface area contributed by atoms with Crippen LogP contribution in [0.2, 0.25) is 0 Å². The van der Waals surface area contributed by atoms with Crippen LogP contribution in [0, 0.1) is 6.92 Å². The summed E-state index contributed by atoms with van der Waals surface area (Å²) in [5.74, 6) is 0.315. The number of hydrogen-bond donors (Lipinski definition) is 1. The molecule has 0 aliphatic heterocycles. The van der Waals surface area contributed by atoms with Gasteiger partial charge in [0.05, 0.1) is 10.2 Å². The number of nitrogens with two attached hydrogens (primary N) is 1. The van der Waals surface area contributed by atoms with E-state index >= 15 is 0 Å². The lowest BCUT2D eigenvalue weighted by Crippen LogP contribution is -1.95. The van der Waals surface area contributed by atoms with Crippen molar-refractivity contribution in [2.75, 3.05) is 5.73 Å². The minimum atomic E-state index is 0. The zero-order valence-electron chi connectivity index (χ0n) is 5.34. The van der Waals surface area contributed by atoms with Crippen molar-refractivity contribution in [2.24, 2.45) is 0 Å². The minimum Gasteiger partial charge on any atom is -0.368 e. The summed E-state index contributed by atoms with van der Waals surface area (Å²) in [7, 11) is 0. The lowest BCUT2D eigenvalue weighted by Gasteiger charge is -1.94. The van der Waals surface area contributed by atoms with E-state index in [-0.39, 0.29) is 17.0 Å². The molecule has 2 N–H and O–H groups in total. The topological polar surface area (TPSA) is 51.8 Å². The molecule has 0 aliphatic carbocycles. The van der Waals surface area contributed by atoms with Gasteiger partial charge in [0.25, 0.3) is 0 Å². The normalized spacial score (nSPS) is 8.60. The second-order valence-corrected chi connectivity index (χ2v) is 2.52. The van der Waals surface area contributed by atoms with Crippen LogP contribution in [-0.4, -0.2) is 9.97 Å². The van der Waals surface area contributed by atoms with Crippen molar-refractivity contribution in [3.63, 3.8) is 0 Å². The summed E-state index contributed by atoms with van der Waals surface area (Å²) in [4.78, 5) is 7.65. The van der Waals surface area contributed by atoms with Gasteiger partial charge in [-0.25, -0.2) is 9.97 Å². The molecule has 0 unspecified atom stereocenters. The Hall–Kier alpha value is -0.160. The van der Waals surface area contributed by atoms with Gasteiger partial charge in [0, 0.05) is 6.20 Å². The van der Waals surface area contributed by atoms with E-state index in [0.29, 0.717) is 5.95 Å². The van der Waals surface area contributed by atoms with Crippen LogP contribution in [-0.2, 0) is 0 Å². The molecule has 1 heterocycles. The van der Waals surface area contributed by atoms with Crippen molar-refractivity contribution >= 4 is 38.9 Å². The first kappa shape index (κ1) is 9.84. The van der Waals surface area contributed by atoms with Crippen molar-refractivity contribution < 1.29 is 0 Å². The van der Waals surface area contributed by atoms with Gasteiger partial charge in [0.1, 0.15) is 0 Å². The maximum Gasteiger partial charge on any atom is 0.220 e. The van der Waals surface area contributed by atoms with Crippen molar-refractivity contribution in [3.05, 3.63) is 16.4 Å². The fraction of sp³-hybridized carbons (Fsp3) is 0.200. The molecule has 1 aromatic rings. The Kier molecular flexibility index (Phi) is 3.81. The minimum absolute atomic E-state index is 0. The Balaban J connectivity index is 0.000000810. The number of hydrogen-bond acceptors (Lipinski definition) is 3. The first-order valence-electron chi connectivity index (χ1n) is 2.45. The van der Waals surface area contributed by atoms with Crippen LogP contribution in [0.4, 0.5) is 5.95 Å². The molecule has 0 atom stereocenters. The fourth-order valence-corrected chi connectivity index (χ4v) is 0.661. The van der Waals surface area contributed by atoms with Crippen molar-refractivity contribution in [1.29, 1.82) is 0 Å². The molecule has 1 rings (SSSR count). The Bertz CT molecular complexity index is 226. The highest BCUT2D eigenvalue weighted by atomic mass is 79.9. The summed E-state index contributed by atoms with van der Waals surface area (Å²) >= 11 is 3.25. The van der Waals surface area contributed by atoms with Crippen LogP contribution in [0.1, 0.15) is 5.69 Å². The van der Waals surface area contributed by atoms with Crippen LogP contribution in [0.15, 0.2) is 10.7 Å². The standard InChI is InChI=1S/C5H6BrN3.BrH/c1-3-4(6)2-8-5(7)9-3;/h2H,1H3,(H2,7,8,9);1H. The largest absolute Gasteiger partial charge is 0.368 e. The summed E-state index contributed by atoms with van der Waals surface area (Å²) in [5.41, 5.74) is 6.15. The smallest absolute Gasteiger partial charge is 0.220 e. The lowest BCUT2D eigenvalue weighted by atomic mass is 10.5. The van der Waals surface area contributed by atoms with E-state index in [2.05, 4.69) is 25.9 Å². The quantitative estimate of drug-likeness (QED) is 0.779. The first-order chi connectivity index (χ1) is 4.20. The Labute approximate surface area is 78.0 Å². The molecule has 0 saturated heterocycles. The van der Waals surface area contributed by atoms with Crippen molar-refractivity contribution in [2.45, 2.75) is 6.92 Å². The zero-order valence-corrected chi connectivity index (χ0v) is 8.63. The second-order valence-electron chi connectivity index (χ2n) is 1.66. The summed E-state index contributed by atoms with van der Waals surface area (Å²) < 4.78 is 0.886. The first-order valence-corrected chi connectivity index (χ1v) is 3.24. The van der Waals surface area contributed by atoms with Gasteiger partial charge in [0.15, 0.2) is 0 Å². The molecule has 0 aliphatic rings. The molecule has 5 heteroatoms. The number of nitrogens with zero attached hydrogens (tertiary/aromatic N) is 2. The maximum absolute atomic E-state index is 5.28. The molecule has 10 heavy (non-hydrogen) atoms. The third-order valence-corrected chi connectivity index (χ3v) is 1.72. The van der Waals surface area contributed by atoms with Crippen LogP contribution in [0.5, 0.6) is 0 Å². The van der Waals surface area contributed by atoms with E-state index < -0.39 is 0 Å². The molecule has 0 spiro atoms. The number of rotatable bonds is 0. The molecule has 0 radical (unpaired) electrons. The molecule has 1 aromatic heterocycles. The molecule has 0 fully saturated rings. The molecular weight excluding hydrogens is 262 g/mol. The van der Waals surface area contributed by atoms with Gasteiger partial charge in [-0.05, 0) is 22.9 Å². The van der Waals surface area contributed by atoms with Gasteiger partial charge in [0.2, 0.25) is 5.95 Å². The van der Waals surface area contributed by atoms with E-state index in [1.54, 1.807) is 6.20 Å². The zero-order chi connectivity index (χ0) is 6.85. The van der Waals surface area contributed by atoms with E-state index in [0.717, 1.165) is 10.2 Å². The predicted octanol–water partition coefficient (Wildman–Crippen LogP) is 1.71. The monoisotopic (exact) mass is 267 g/mol. The van der Waals surface area contributed by atoms with Crippen molar-refractivity contribution in [1.82, 2.24) is 9.97 Å². The Morgan fingerprint density at radius 1 is 1.60 bits per heavy atom. The third-order valence-electron chi connectivity index (χ3n) is 0.938. The third kappa shape index (κ3) is 2.22. The molecule has 0 aromatic carbocycles. The Morgan fingerprint density at radius 3 is 2.60 bits per heavy atom. The summed E-state index contributed by atoms with van der Waals surface area (Å²) in [5, 5.41) is 0. The number of aryl methyl sites for hydroxylation is 1. The number of nitrogen functional groups attached to an aromatic ring is 1. The van der Waals surface area contributed by atoms with Crippen LogP contribution < -0.4 is 5.73 Å². The molecule has 0 amide bonds. The number of aromatic nitrogens is 2. The second kappa shape index (κ2) is 3.88. The molecular formula is C5H7Br2N3. The van der Waals surface area contributed by atoms with Gasteiger partial charge in [-0.2, -0.15) is 0 Å². The van der Waals surface area contributed by atoms with Crippen LogP contribution in [0.25, 0.3) is 0 Å². The SMILES string of the molecule is Br.Cc1nc(N)ncc1Br. The highest BCUT2D eigenvalue weighted by molar-refractivity contribution is 9.10. The number of halogens is 2. The molecule has 3 nitrogen and oxygen atoms in total. The number of anilines is 1. The van der Waals surface area contributed by atoms with E-state index in [9.17, 15) is 0 Å². The summed E-state index contributed by atoms with van der Waals surface area (Å²) in [6, 6.07) is 0. The summed E-state index contributed by atoms with van der Waals surface area (Å²) in [6.07, 6.45) is 1.64. The predicted molar refractivity (Wildman–Crippen MR) is 49.2 cm³/mol. The molecule has 56 valence electrons. The van der Waals surface area contributed by atoms with Gasteiger partial charge in [-0.3, -0.25) is 0 Å². The molecule has 0 bridgehead atoms. The van der Waals surface area contributed by atoms with E-state index in [4.69, 9.17) is 5.73 Å². The molecule has 0 saturated carbocycles. The highest BCUT2D eigenvalue weighted by Gasteiger charge is 1.94. The Morgan fingerprint density at radius 2 is 2.20 bits per heavy atom.